The molecule has 0 bridgehead atoms. The molecule has 0 amide bonds. The fraction of sp³-hybridized carbons (Fsp3) is 0.353. The van der Waals surface area contributed by atoms with Crippen LogP contribution >= 0.6 is 0 Å². The molecule has 0 saturated heterocycles. The van der Waals surface area contributed by atoms with Crippen molar-refractivity contribution in [2.75, 3.05) is 0 Å². The van der Waals surface area contributed by atoms with Crippen LogP contribution in [-0.2, 0) is 5.41 Å². The molecule has 0 aliphatic carbocycles. The van der Waals surface area contributed by atoms with Crippen molar-refractivity contribution >= 4 is 47.3 Å². The molecule has 37 heavy (non-hydrogen) atoms. The van der Waals surface area contributed by atoms with Crippen LogP contribution in [0.4, 0.5) is 5.69 Å². The van der Waals surface area contributed by atoms with Gasteiger partial charge in [0.15, 0.2) is 0 Å². The topological polar surface area (TPSA) is 25.2 Å². The molecule has 0 spiro atoms. The average molecular weight is 597 g/mol. The summed E-state index contributed by atoms with van der Waals surface area (Å²) in [4.78, 5) is 10.5. The molecule has 1 aliphatic rings. The maximum absolute atomic E-state index is 5.48. The zero-order valence-electron chi connectivity index (χ0n) is 23.8. The predicted octanol–water partition coefficient (Wildman–Crippen LogP) is 7.80. The Kier molecular flexibility index (Phi) is 6.64. The Morgan fingerprint density at radius 3 is 2.14 bits per heavy atom. The summed E-state index contributed by atoms with van der Waals surface area (Å²) in [7, 11) is 0. The molecule has 0 N–H and O–H groups in total. The number of hydrogen-bond acceptors (Lipinski definition) is 2. The van der Waals surface area contributed by atoms with Crippen LogP contribution in [0.15, 0.2) is 65.8 Å². The van der Waals surface area contributed by atoms with E-state index in [0.717, 1.165) is 17.8 Å². The second-order valence-corrected chi connectivity index (χ2v) is 18.9. The normalized spacial score (nSPS) is 14.2. The average Bonchev–Trinajstić information content (AvgIpc) is 3.13. The Labute approximate surface area is 230 Å². The summed E-state index contributed by atoms with van der Waals surface area (Å²) in [6, 6.07) is 20.4. The number of aromatic nitrogens is 1. The molecule has 2 heterocycles. The number of hydrogen-bond donors (Lipinski definition) is 0. The third kappa shape index (κ3) is 5.02. The van der Waals surface area contributed by atoms with Crippen LogP contribution < -0.4 is 7.02 Å². The fourth-order valence-electron chi connectivity index (χ4n) is 5.70. The van der Waals surface area contributed by atoms with Gasteiger partial charge in [-0.05, 0) is 0 Å². The Balaban J connectivity index is 1.77. The second kappa shape index (κ2) is 9.39. The van der Waals surface area contributed by atoms with Gasteiger partial charge in [0.25, 0.3) is 0 Å². The number of aryl methyl sites for hydroxylation is 3. The third-order valence-electron chi connectivity index (χ3n) is 7.13. The van der Waals surface area contributed by atoms with Crippen molar-refractivity contribution in [3.63, 3.8) is 0 Å². The van der Waals surface area contributed by atoms with E-state index in [9.17, 15) is 0 Å². The van der Waals surface area contributed by atoms with Gasteiger partial charge in [-0.25, -0.2) is 0 Å². The summed E-state index contributed by atoms with van der Waals surface area (Å²) in [5.74, 6) is 0. The van der Waals surface area contributed by atoms with Gasteiger partial charge in [0.2, 0.25) is 0 Å². The first-order chi connectivity index (χ1) is 17.3. The molecule has 5 rings (SSSR count). The van der Waals surface area contributed by atoms with E-state index in [1.54, 1.807) is 3.51 Å². The first-order valence-electron chi connectivity index (χ1n) is 13.3. The van der Waals surface area contributed by atoms with Crippen LogP contribution in [0, 0.1) is 26.2 Å². The van der Waals surface area contributed by atoms with Crippen molar-refractivity contribution < 1.29 is 0 Å². The van der Waals surface area contributed by atoms with Crippen LogP contribution in [0.3, 0.4) is 0 Å². The molecular formula is C34H39N2Sb. The first kappa shape index (κ1) is 26.2. The quantitative estimate of drug-likeness (QED) is 0.222. The summed E-state index contributed by atoms with van der Waals surface area (Å²) in [6.07, 6.45) is 3.06. The van der Waals surface area contributed by atoms with Crippen molar-refractivity contribution in [2.45, 2.75) is 74.1 Å². The molecule has 0 saturated carbocycles. The Bertz CT molecular complexity index is 1520. The molecule has 0 unspecified atom stereocenters. The molecule has 1 aromatic heterocycles. The van der Waals surface area contributed by atoms with Gasteiger partial charge < -0.3 is 0 Å². The molecule has 0 radical (unpaired) electrons. The van der Waals surface area contributed by atoms with Crippen molar-refractivity contribution in [3.8, 4) is 11.3 Å². The van der Waals surface area contributed by atoms with Gasteiger partial charge in [0, 0.05) is 0 Å². The van der Waals surface area contributed by atoms with Crippen molar-refractivity contribution in [2.24, 2.45) is 10.4 Å². The Hall–Kier alpha value is -2.44. The van der Waals surface area contributed by atoms with E-state index in [-0.39, 0.29) is 10.8 Å². The molecule has 1 aliphatic heterocycles. The number of fused-ring (bicyclic) bond motifs is 2. The van der Waals surface area contributed by atoms with Gasteiger partial charge in [0.1, 0.15) is 0 Å². The molecule has 3 aromatic carbocycles. The molecular weight excluding hydrogens is 558 g/mol. The van der Waals surface area contributed by atoms with E-state index in [4.69, 9.17) is 9.98 Å². The number of benzene rings is 3. The SMILES string of the molecule is Cc1cc(C)[c]([Sb]2[C](CC(C)(C)C)=Nc3[c]2ccnc3-c2cc(C(C)(C)C)c3ccccc3c2)c(C)c1. The van der Waals surface area contributed by atoms with Gasteiger partial charge >= 0.3 is 231 Å². The van der Waals surface area contributed by atoms with Crippen LogP contribution in [0.5, 0.6) is 0 Å². The summed E-state index contributed by atoms with van der Waals surface area (Å²) >= 11 is -2.28. The first-order valence-corrected chi connectivity index (χ1v) is 17.1. The van der Waals surface area contributed by atoms with E-state index in [0.29, 0.717) is 0 Å². The van der Waals surface area contributed by atoms with E-state index in [1.165, 1.54) is 45.8 Å². The van der Waals surface area contributed by atoms with Crippen LogP contribution in [0.2, 0.25) is 0 Å². The number of rotatable bonds is 3. The molecule has 2 nitrogen and oxygen atoms in total. The zero-order valence-corrected chi connectivity index (χ0v) is 26.4. The van der Waals surface area contributed by atoms with Crippen molar-refractivity contribution in [3.05, 3.63) is 83.0 Å². The minimum absolute atomic E-state index is 0.0322. The summed E-state index contributed by atoms with van der Waals surface area (Å²) < 4.78 is 4.49. The standard InChI is InChI=1S/C25H28N2.C9H11.Sb/c1-24(2,3)13-15-26-22-12-9-14-27-23(22)19-16-18-10-7-8-11-20(18)21(17-19)25(4,5)6;1-7-4-8(2)6-9(3)5-7;/h7-11,14,16-17H,13H2,1-6H3;4-5H,1-3H3;. The second-order valence-electron chi connectivity index (χ2n) is 12.9. The van der Waals surface area contributed by atoms with Crippen molar-refractivity contribution in [1.82, 2.24) is 4.98 Å². The van der Waals surface area contributed by atoms with E-state index < -0.39 is 20.2 Å². The minimum atomic E-state index is -2.28. The van der Waals surface area contributed by atoms with Crippen LogP contribution in [0.25, 0.3) is 22.0 Å². The van der Waals surface area contributed by atoms with E-state index >= 15 is 0 Å². The van der Waals surface area contributed by atoms with Crippen LogP contribution in [-0.4, -0.2) is 28.9 Å². The van der Waals surface area contributed by atoms with Gasteiger partial charge in [-0.2, -0.15) is 0 Å². The zero-order chi connectivity index (χ0) is 26.7. The van der Waals surface area contributed by atoms with Gasteiger partial charge in [-0.1, -0.05) is 0 Å². The molecule has 3 heteroatoms. The van der Waals surface area contributed by atoms with Gasteiger partial charge in [0.05, 0.1) is 0 Å². The Morgan fingerprint density at radius 2 is 1.49 bits per heavy atom. The third-order valence-corrected chi connectivity index (χ3v) is 15.0. The molecule has 0 atom stereocenters. The van der Waals surface area contributed by atoms with Crippen LogP contribution in [0.1, 0.15) is 70.2 Å². The number of nitrogens with zero attached hydrogens (tertiary/aromatic N) is 2. The van der Waals surface area contributed by atoms with Crippen molar-refractivity contribution in [1.29, 1.82) is 0 Å². The fourth-order valence-corrected chi connectivity index (χ4v) is 14.3. The molecule has 4 aromatic rings. The summed E-state index contributed by atoms with van der Waals surface area (Å²) in [5.41, 5.74) is 9.11. The Morgan fingerprint density at radius 1 is 0.811 bits per heavy atom. The maximum atomic E-state index is 5.48. The van der Waals surface area contributed by atoms with Gasteiger partial charge in [-0.15, -0.1) is 0 Å². The number of pyridine rings is 1. The molecule has 0 fully saturated rings. The summed E-state index contributed by atoms with van der Waals surface area (Å²) in [6.45, 7) is 20.7. The monoisotopic (exact) mass is 596 g/mol. The summed E-state index contributed by atoms with van der Waals surface area (Å²) in [5, 5.41) is 2.59. The van der Waals surface area contributed by atoms with E-state index in [1.807, 2.05) is 6.20 Å². The molecule has 190 valence electrons. The number of aliphatic imine (C=N–C) groups is 1. The predicted molar refractivity (Wildman–Crippen MR) is 163 cm³/mol. The van der Waals surface area contributed by atoms with E-state index in [2.05, 4.69) is 117 Å². The van der Waals surface area contributed by atoms with Gasteiger partial charge in [-0.3, -0.25) is 0 Å².